The highest BCUT2D eigenvalue weighted by Crippen LogP contribution is 2.26. The number of anilines is 1. The number of hydrogen-bond donors (Lipinski definition) is 0. The van der Waals surface area contributed by atoms with Crippen LogP contribution in [0, 0.1) is 0 Å². The molecule has 0 saturated heterocycles. The van der Waals surface area contributed by atoms with Gasteiger partial charge in [-0.15, -0.1) is 0 Å². The van der Waals surface area contributed by atoms with Gasteiger partial charge in [-0.2, -0.15) is 19.3 Å². The van der Waals surface area contributed by atoms with E-state index >= 15 is 0 Å². The average molecular weight is 303 g/mol. The lowest BCUT2D eigenvalue weighted by molar-refractivity contribution is 0.782. The molecule has 0 fully saturated rings. The van der Waals surface area contributed by atoms with Gasteiger partial charge in [0.25, 0.3) is 0 Å². The lowest BCUT2D eigenvalue weighted by Gasteiger charge is -2.18. The van der Waals surface area contributed by atoms with Crippen molar-refractivity contribution in [3.05, 3.63) is 11.6 Å². The van der Waals surface area contributed by atoms with Gasteiger partial charge in [0.15, 0.2) is 4.34 Å². The molecule has 0 aliphatic carbocycles. The van der Waals surface area contributed by atoms with Crippen LogP contribution in [0.1, 0.15) is 13.8 Å². The van der Waals surface area contributed by atoms with Gasteiger partial charge in [0.1, 0.15) is 6.33 Å². The van der Waals surface area contributed by atoms with E-state index < -0.39 is 0 Å². The fraction of sp³-hybridized carbons (Fsp3) is 0.444. The van der Waals surface area contributed by atoms with Crippen molar-refractivity contribution in [1.29, 1.82) is 0 Å². The fourth-order valence-electron chi connectivity index (χ4n) is 1.30. The summed E-state index contributed by atoms with van der Waals surface area (Å²) in [5.74, 6) is 0.590. The van der Waals surface area contributed by atoms with Crippen LogP contribution in [0.4, 0.5) is 5.95 Å². The van der Waals surface area contributed by atoms with Gasteiger partial charge >= 0.3 is 0 Å². The Morgan fingerprint density at radius 2 is 2.06 bits per heavy atom. The highest BCUT2D eigenvalue weighted by Gasteiger charge is 2.12. The second-order valence-corrected chi connectivity index (χ2v) is 5.50. The van der Waals surface area contributed by atoms with Gasteiger partial charge in [-0.05, 0) is 48.7 Å². The van der Waals surface area contributed by atoms with E-state index in [-0.39, 0.29) is 5.28 Å². The van der Waals surface area contributed by atoms with E-state index in [0.29, 0.717) is 11.1 Å². The smallest absolute Gasteiger partial charge is 0.230 e. The third-order valence-corrected chi connectivity index (χ3v) is 3.89. The minimum Gasteiger partial charge on any atom is -0.341 e. The maximum Gasteiger partial charge on any atom is 0.230 e. The molecule has 0 unspecified atom stereocenters. The Kier molecular flexibility index (Phi) is 4.67. The molecular weight excluding hydrogens is 292 g/mol. The van der Waals surface area contributed by atoms with Gasteiger partial charge in [-0.25, -0.2) is 4.98 Å². The van der Waals surface area contributed by atoms with Crippen LogP contribution in [0.2, 0.25) is 5.28 Å². The molecule has 0 aliphatic rings. The molecule has 2 heterocycles. The van der Waals surface area contributed by atoms with Crippen LogP contribution in [0.25, 0.3) is 0 Å². The predicted octanol–water partition coefficient (Wildman–Crippen LogP) is 2.37. The van der Waals surface area contributed by atoms with E-state index in [4.69, 9.17) is 11.6 Å². The third-order valence-electron chi connectivity index (χ3n) is 2.14. The van der Waals surface area contributed by atoms with E-state index in [1.54, 1.807) is 0 Å². The summed E-state index contributed by atoms with van der Waals surface area (Å²) in [5.41, 5.74) is 0. The second kappa shape index (κ2) is 6.26. The van der Waals surface area contributed by atoms with Crippen LogP contribution in [0.3, 0.4) is 0 Å². The van der Waals surface area contributed by atoms with Gasteiger partial charge in [0.2, 0.25) is 16.4 Å². The van der Waals surface area contributed by atoms with E-state index in [2.05, 4.69) is 24.3 Å². The molecule has 0 radical (unpaired) electrons. The maximum absolute atomic E-state index is 5.91. The summed E-state index contributed by atoms with van der Waals surface area (Å²) < 4.78 is 4.71. The number of rotatable bonds is 5. The standard InChI is InChI=1S/C9H11ClN6S2/c1-3-16(4-2)7-13-6(10)14-8(15-7)17-9-11-5-12-18-9/h5H,3-4H2,1-2H3. The van der Waals surface area contributed by atoms with Gasteiger partial charge < -0.3 is 4.90 Å². The molecule has 0 aliphatic heterocycles. The van der Waals surface area contributed by atoms with Crippen molar-refractivity contribution in [2.45, 2.75) is 23.3 Å². The minimum absolute atomic E-state index is 0.193. The molecule has 9 heteroatoms. The Morgan fingerprint density at radius 3 is 2.67 bits per heavy atom. The largest absolute Gasteiger partial charge is 0.341 e. The molecule has 96 valence electrons. The van der Waals surface area contributed by atoms with Gasteiger partial charge in [0.05, 0.1) is 0 Å². The Morgan fingerprint density at radius 1 is 1.28 bits per heavy atom. The normalized spacial score (nSPS) is 10.6. The molecule has 0 atom stereocenters. The molecule has 0 aromatic carbocycles. The van der Waals surface area contributed by atoms with Crippen molar-refractivity contribution in [3.8, 4) is 0 Å². The van der Waals surface area contributed by atoms with Crippen LogP contribution in [0.15, 0.2) is 15.8 Å². The second-order valence-electron chi connectivity index (χ2n) is 3.17. The first-order chi connectivity index (χ1) is 8.72. The van der Waals surface area contributed by atoms with Crippen molar-refractivity contribution in [2.24, 2.45) is 0 Å². The Labute approximate surface area is 118 Å². The van der Waals surface area contributed by atoms with Gasteiger partial charge in [-0.1, -0.05) is 0 Å². The maximum atomic E-state index is 5.91. The minimum atomic E-state index is 0.193. The van der Waals surface area contributed by atoms with Crippen molar-refractivity contribution >= 4 is 40.8 Å². The Hall–Kier alpha value is -0.990. The highest BCUT2D eigenvalue weighted by molar-refractivity contribution is 8.00. The quantitative estimate of drug-likeness (QED) is 0.840. The first-order valence-corrected chi connectivity index (χ1v) is 7.30. The molecule has 2 rings (SSSR count). The lowest BCUT2D eigenvalue weighted by atomic mass is 10.5. The molecule has 2 aromatic heterocycles. The zero-order chi connectivity index (χ0) is 13.0. The summed E-state index contributed by atoms with van der Waals surface area (Å²) >= 11 is 8.54. The molecule has 6 nitrogen and oxygen atoms in total. The monoisotopic (exact) mass is 302 g/mol. The number of hydrogen-bond acceptors (Lipinski definition) is 8. The summed E-state index contributed by atoms with van der Waals surface area (Å²) in [7, 11) is 0. The number of aromatic nitrogens is 5. The summed E-state index contributed by atoms with van der Waals surface area (Å²) in [6.07, 6.45) is 1.50. The third kappa shape index (κ3) is 3.27. The predicted molar refractivity (Wildman–Crippen MR) is 72.4 cm³/mol. The lowest BCUT2D eigenvalue weighted by Crippen LogP contribution is -2.24. The molecule has 0 N–H and O–H groups in total. The van der Waals surface area contributed by atoms with E-state index in [1.807, 2.05) is 18.7 Å². The van der Waals surface area contributed by atoms with E-state index in [9.17, 15) is 0 Å². The molecule has 0 bridgehead atoms. The molecule has 0 spiro atoms. The molecule has 18 heavy (non-hydrogen) atoms. The van der Waals surface area contributed by atoms with Crippen LogP contribution < -0.4 is 4.90 Å². The molecule has 2 aromatic rings. The summed E-state index contributed by atoms with van der Waals surface area (Å²) in [5, 5.41) is 0.729. The van der Waals surface area contributed by atoms with Crippen LogP contribution >= 0.6 is 34.9 Å². The van der Waals surface area contributed by atoms with Crippen LogP contribution in [0.5, 0.6) is 0 Å². The molecule has 0 amide bonds. The average Bonchev–Trinajstić information content (AvgIpc) is 2.83. The highest BCUT2D eigenvalue weighted by atomic mass is 35.5. The number of halogens is 1. The van der Waals surface area contributed by atoms with Gasteiger partial charge in [-0.3, -0.25) is 0 Å². The topological polar surface area (TPSA) is 67.7 Å². The van der Waals surface area contributed by atoms with Crippen LogP contribution in [-0.4, -0.2) is 37.4 Å². The Bertz CT molecular complexity index is 502. The van der Waals surface area contributed by atoms with Gasteiger partial charge in [0, 0.05) is 13.1 Å². The zero-order valence-corrected chi connectivity index (χ0v) is 12.3. The summed E-state index contributed by atoms with van der Waals surface area (Å²) in [4.78, 5) is 18.7. The van der Waals surface area contributed by atoms with Crippen LogP contribution in [-0.2, 0) is 0 Å². The fourth-order valence-corrected chi connectivity index (χ4v) is 2.80. The van der Waals surface area contributed by atoms with Crippen molar-refractivity contribution in [1.82, 2.24) is 24.3 Å². The zero-order valence-electron chi connectivity index (χ0n) is 9.87. The summed E-state index contributed by atoms with van der Waals surface area (Å²) in [6.45, 7) is 5.72. The van der Waals surface area contributed by atoms with Crippen molar-refractivity contribution < 1.29 is 0 Å². The van der Waals surface area contributed by atoms with E-state index in [1.165, 1.54) is 29.6 Å². The Balaban J connectivity index is 2.26. The van der Waals surface area contributed by atoms with Crippen molar-refractivity contribution in [2.75, 3.05) is 18.0 Å². The number of nitrogens with zero attached hydrogens (tertiary/aromatic N) is 6. The first-order valence-electron chi connectivity index (χ1n) is 5.34. The van der Waals surface area contributed by atoms with Crippen molar-refractivity contribution in [3.63, 3.8) is 0 Å². The molecule has 0 saturated carbocycles. The SMILES string of the molecule is CCN(CC)c1nc(Cl)nc(Sc2ncns2)n1. The molecular formula is C9H11ClN6S2. The summed E-state index contributed by atoms with van der Waals surface area (Å²) in [6, 6.07) is 0. The van der Waals surface area contributed by atoms with E-state index in [0.717, 1.165) is 17.4 Å². The first kappa shape index (κ1) is 13.4.